The molecule has 3 heteroatoms. The number of hydrogen-bond donors (Lipinski definition) is 1. The molecule has 1 aromatic carbocycles. The van der Waals surface area contributed by atoms with Gasteiger partial charge in [0, 0.05) is 6.54 Å². The van der Waals surface area contributed by atoms with Crippen molar-refractivity contribution in [3.63, 3.8) is 0 Å². The number of aryl methyl sites for hydroxylation is 1. The fourth-order valence-electron chi connectivity index (χ4n) is 3.45. The summed E-state index contributed by atoms with van der Waals surface area (Å²) in [5.74, 6) is 0. The number of carboxylic acid groups (broad SMARTS) is 1. The molecule has 1 fully saturated rings. The standard InChI is InChI=1S/C15H19NO2/c17-15(18)16-10-2-1-9-14(16)13-8-4-6-11-5-3-7-12(11)13/h4,6,8,14H,1-3,5,7,9-10H2,(H,17,18). The zero-order chi connectivity index (χ0) is 12.5. The first-order chi connectivity index (χ1) is 8.77. The molecule has 0 saturated carbocycles. The van der Waals surface area contributed by atoms with E-state index >= 15 is 0 Å². The molecule has 2 aliphatic rings. The van der Waals surface area contributed by atoms with Crippen molar-refractivity contribution >= 4 is 6.09 Å². The van der Waals surface area contributed by atoms with Crippen LogP contribution in [0.4, 0.5) is 4.79 Å². The van der Waals surface area contributed by atoms with Crippen molar-refractivity contribution in [2.45, 2.75) is 44.6 Å². The van der Waals surface area contributed by atoms with Gasteiger partial charge >= 0.3 is 6.09 Å². The molecule has 1 aromatic rings. The minimum absolute atomic E-state index is 0.0873. The highest BCUT2D eigenvalue weighted by atomic mass is 16.4. The van der Waals surface area contributed by atoms with Crippen molar-refractivity contribution in [3.05, 3.63) is 34.9 Å². The molecule has 1 saturated heterocycles. The molecular weight excluding hydrogens is 226 g/mol. The predicted octanol–water partition coefficient (Wildman–Crippen LogP) is 3.38. The first-order valence-electron chi connectivity index (χ1n) is 6.87. The smallest absolute Gasteiger partial charge is 0.407 e. The van der Waals surface area contributed by atoms with Crippen LogP contribution in [0, 0.1) is 0 Å². The van der Waals surface area contributed by atoms with Gasteiger partial charge in [0.1, 0.15) is 0 Å². The number of amides is 1. The van der Waals surface area contributed by atoms with E-state index in [1.165, 1.54) is 23.1 Å². The van der Waals surface area contributed by atoms with E-state index in [0.717, 1.165) is 32.1 Å². The minimum Gasteiger partial charge on any atom is -0.465 e. The second-order valence-corrected chi connectivity index (χ2v) is 5.33. The van der Waals surface area contributed by atoms with Gasteiger partial charge in [0.2, 0.25) is 0 Å². The molecule has 1 unspecified atom stereocenters. The molecule has 96 valence electrons. The number of piperidine rings is 1. The Labute approximate surface area is 107 Å². The zero-order valence-electron chi connectivity index (χ0n) is 10.6. The van der Waals surface area contributed by atoms with Gasteiger partial charge in [0.05, 0.1) is 6.04 Å². The summed E-state index contributed by atoms with van der Waals surface area (Å²) in [5.41, 5.74) is 4.13. The lowest BCUT2D eigenvalue weighted by molar-refractivity contribution is 0.106. The van der Waals surface area contributed by atoms with Gasteiger partial charge in [0.25, 0.3) is 0 Å². The lowest BCUT2D eigenvalue weighted by atomic mass is 9.90. The van der Waals surface area contributed by atoms with Crippen LogP contribution in [-0.2, 0) is 12.8 Å². The third-order valence-corrected chi connectivity index (χ3v) is 4.29. The van der Waals surface area contributed by atoms with Gasteiger partial charge in [-0.05, 0) is 55.2 Å². The lowest BCUT2D eigenvalue weighted by Gasteiger charge is -2.35. The molecule has 0 spiro atoms. The molecule has 1 N–H and O–H groups in total. The van der Waals surface area contributed by atoms with Crippen molar-refractivity contribution in [2.24, 2.45) is 0 Å². The van der Waals surface area contributed by atoms with Gasteiger partial charge in [-0.2, -0.15) is 0 Å². The second kappa shape index (κ2) is 4.63. The average molecular weight is 245 g/mol. The summed E-state index contributed by atoms with van der Waals surface area (Å²) in [6.07, 6.45) is 5.83. The van der Waals surface area contributed by atoms with E-state index in [9.17, 15) is 9.90 Å². The molecule has 0 aromatic heterocycles. The Morgan fingerprint density at radius 2 is 2.11 bits per heavy atom. The van der Waals surface area contributed by atoms with Gasteiger partial charge in [-0.3, -0.25) is 0 Å². The Hall–Kier alpha value is -1.51. The molecule has 1 atom stereocenters. The maximum atomic E-state index is 11.4. The average Bonchev–Trinajstić information content (AvgIpc) is 2.86. The third kappa shape index (κ3) is 1.88. The molecule has 1 amide bonds. The second-order valence-electron chi connectivity index (χ2n) is 5.33. The summed E-state index contributed by atoms with van der Waals surface area (Å²) in [7, 11) is 0. The van der Waals surface area contributed by atoms with Crippen LogP contribution in [0.1, 0.15) is 48.4 Å². The predicted molar refractivity (Wildman–Crippen MR) is 69.8 cm³/mol. The largest absolute Gasteiger partial charge is 0.465 e. The van der Waals surface area contributed by atoms with Gasteiger partial charge in [0.15, 0.2) is 0 Å². The molecular formula is C15H19NO2. The van der Waals surface area contributed by atoms with Crippen molar-refractivity contribution in [1.82, 2.24) is 4.90 Å². The van der Waals surface area contributed by atoms with E-state index in [2.05, 4.69) is 18.2 Å². The molecule has 0 radical (unpaired) electrons. The number of carbonyl (C=O) groups is 1. The van der Waals surface area contributed by atoms with Crippen LogP contribution in [0.15, 0.2) is 18.2 Å². The Morgan fingerprint density at radius 1 is 1.22 bits per heavy atom. The van der Waals surface area contributed by atoms with E-state index in [1.54, 1.807) is 4.90 Å². The van der Waals surface area contributed by atoms with Crippen LogP contribution < -0.4 is 0 Å². The molecule has 1 aliphatic carbocycles. The van der Waals surface area contributed by atoms with Gasteiger partial charge < -0.3 is 10.0 Å². The van der Waals surface area contributed by atoms with Gasteiger partial charge in [-0.25, -0.2) is 4.79 Å². The van der Waals surface area contributed by atoms with E-state index in [4.69, 9.17) is 0 Å². The maximum Gasteiger partial charge on any atom is 0.407 e. The number of rotatable bonds is 1. The Bertz CT molecular complexity index is 470. The summed E-state index contributed by atoms with van der Waals surface area (Å²) in [6.45, 7) is 0.684. The quantitative estimate of drug-likeness (QED) is 0.824. The molecule has 18 heavy (non-hydrogen) atoms. The van der Waals surface area contributed by atoms with Crippen LogP contribution >= 0.6 is 0 Å². The number of hydrogen-bond acceptors (Lipinski definition) is 1. The summed E-state index contributed by atoms with van der Waals surface area (Å²) in [5, 5.41) is 9.34. The summed E-state index contributed by atoms with van der Waals surface area (Å²) in [4.78, 5) is 13.0. The van der Waals surface area contributed by atoms with Crippen LogP contribution in [0.5, 0.6) is 0 Å². The van der Waals surface area contributed by atoms with Crippen molar-refractivity contribution in [2.75, 3.05) is 6.54 Å². The topological polar surface area (TPSA) is 40.5 Å². The zero-order valence-corrected chi connectivity index (χ0v) is 10.6. The minimum atomic E-state index is -0.768. The summed E-state index contributed by atoms with van der Waals surface area (Å²) >= 11 is 0. The molecule has 3 rings (SSSR count). The Kier molecular flexibility index (Phi) is 2.98. The van der Waals surface area contributed by atoms with E-state index in [-0.39, 0.29) is 6.04 Å². The number of fused-ring (bicyclic) bond motifs is 1. The van der Waals surface area contributed by atoms with Gasteiger partial charge in [-0.15, -0.1) is 0 Å². The SMILES string of the molecule is O=C(O)N1CCCCC1c1cccc2c1CCC2. The fourth-order valence-corrected chi connectivity index (χ4v) is 3.45. The normalized spacial score (nSPS) is 22.9. The molecule has 1 heterocycles. The van der Waals surface area contributed by atoms with Crippen molar-refractivity contribution in [3.8, 4) is 0 Å². The van der Waals surface area contributed by atoms with Gasteiger partial charge in [-0.1, -0.05) is 18.2 Å². The highest BCUT2D eigenvalue weighted by Crippen LogP contribution is 2.36. The van der Waals surface area contributed by atoms with Crippen molar-refractivity contribution in [1.29, 1.82) is 0 Å². The molecule has 1 aliphatic heterocycles. The van der Waals surface area contributed by atoms with Crippen LogP contribution in [0.3, 0.4) is 0 Å². The first-order valence-corrected chi connectivity index (χ1v) is 6.87. The maximum absolute atomic E-state index is 11.4. The molecule has 0 bridgehead atoms. The fraction of sp³-hybridized carbons (Fsp3) is 0.533. The van der Waals surface area contributed by atoms with E-state index in [1.807, 2.05) is 0 Å². The number of benzene rings is 1. The third-order valence-electron chi connectivity index (χ3n) is 4.29. The Morgan fingerprint density at radius 3 is 2.94 bits per heavy atom. The highest BCUT2D eigenvalue weighted by molar-refractivity contribution is 5.66. The summed E-state index contributed by atoms with van der Waals surface area (Å²) in [6, 6.07) is 6.51. The van der Waals surface area contributed by atoms with E-state index < -0.39 is 6.09 Å². The Balaban J connectivity index is 1.98. The van der Waals surface area contributed by atoms with Crippen molar-refractivity contribution < 1.29 is 9.90 Å². The highest BCUT2D eigenvalue weighted by Gasteiger charge is 2.30. The molecule has 3 nitrogen and oxygen atoms in total. The monoisotopic (exact) mass is 245 g/mol. The number of likely N-dealkylation sites (tertiary alicyclic amines) is 1. The summed E-state index contributed by atoms with van der Waals surface area (Å²) < 4.78 is 0. The first kappa shape index (κ1) is 11.6. The lowest BCUT2D eigenvalue weighted by Crippen LogP contribution is -2.37. The van der Waals surface area contributed by atoms with E-state index in [0.29, 0.717) is 6.54 Å². The van der Waals surface area contributed by atoms with Crippen LogP contribution in [0.25, 0.3) is 0 Å². The van der Waals surface area contributed by atoms with Crippen LogP contribution in [-0.4, -0.2) is 22.6 Å². The number of nitrogens with zero attached hydrogens (tertiary/aromatic N) is 1. The van der Waals surface area contributed by atoms with Crippen LogP contribution in [0.2, 0.25) is 0 Å².